The molecule has 0 spiro atoms. The van der Waals surface area contributed by atoms with Gasteiger partial charge in [0.25, 0.3) is 0 Å². The number of hydrogen-bond acceptors (Lipinski definition) is 5. The molecular weight excluding hydrogens is 367 g/mol. The van der Waals surface area contributed by atoms with Gasteiger partial charge in [-0.2, -0.15) is 0 Å². The molecule has 8 heteroatoms. The fourth-order valence-corrected chi connectivity index (χ4v) is 4.09. The van der Waals surface area contributed by atoms with Crippen LogP contribution in [-0.4, -0.2) is 59.0 Å². The third-order valence-corrected chi connectivity index (χ3v) is 6.04. The van der Waals surface area contributed by atoms with Crippen molar-refractivity contribution in [1.82, 2.24) is 10.2 Å². The highest BCUT2D eigenvalue weighted by Gasteiger charge is 2.44. The zero-order valence-corrected chi connectivity index (χ0v) is 15.2. The second-order valence-electron chi connectivity index (χ2n) is 7.13. The number of likely N-dealkylation sites (tertiary alicyclic amines) is 1. The Labute approximate surface area is 156 Å². The average molecular weight is 389 g/mol. The molecule has 2 fully saturated rings. The maximum Gasteiger partial charge on any atom is 0.222 e. The summed E-state index contributed by atoms with van der Waals surface area (Å²) >= 11 is 12.3. The number of hydrogen-bond donors (Lipinski definition) is 4. The lowest BCUT2D eigenvalue weighted by Crippen LogP contribution is -2.62. The first-order valence-electron chi connectivity index (χ1n) is 8.29. The van der Waals surface area contributed by atoms with Crippen LogP contribution in [0.25, 0.3) is 0 Å². The molecule has 138 valence electrons. The van der Waals surface area contributed by atoms with Gasteiger partial charge in [-0.15, -0.1) is 0 Å². The highest BCUT2D eigenvalue weighted by Crippen LogP contribution is 2.41. The van der Waals surface area contributed by atoms with Crippen molar-refractivity contribution in [2.24, 2.45) is 11.3 Å². The lowest BCUT2D eigenvalue weighted by molar-refractivity contribution is -0.150. The Morgan fingerprint density at radius 3 is 2.60 bits per heavy atom. The lowest BCUT2D eigenvalue weighted by Gasteiger charge is -2.48. The smallest absolute Gasteiger partial charge is 0.222 e. The van der Waals surface area contributed by atoms with Crippen LogP contribution in [0, 0.1) is 11.3 Å². The molecular formula is C17H22Cl2N2O4. The molecule has 2 heterocycles. The van der Waals surface area contributed by atoms with Crippen molar-refractivity contribution in [2.75, 3.05) is 32.8 Å². The molecule has 6 nitrogen and oxygen atoms in total. The molecule has 0 unspecified atom stereocenters. The van der Waals surface area contributed by atoms with Crippen LogP contribution in [0.15, 0.2) is 12.1 Å². The first kappa shape index (κ1) is 18.7. The number of carbonyl (C=O) groups excluding carboxylic acids is 1. The molecule has 2 aliphatic heterocycles. The van der Waals surface area contributed by atoms with E-state index in [-0.39, 0.29) is 36.8 Å². The zero-order valence-electron chi connectivity index (χ0n) is 13.7. The van der Waals surface area contributed by atoms with Crippen LogP contribution >= 0.6 is 23.2 Å². The second kappa shape index (κ2) is 7.29. The van der Waals surface area contributed by atoms with Crippen LogP contribution in [0.2, 0.25) is 10.0 Å². The maximum absolute atomic E-state index is 12.4. The maximum atomic E-state index is 12.4. The number of aromatic hydroxyl groups is 1. The fourth-order valence-electron chi connectivity index (χ4n) is 3.64. The van der Waals surface area contributed by atoms with E-state index in [1.54, 1.807) is 11.0 Å². The number of amides is 1. The Kier molecular flexibility index (Phi) is 5.46. The monoisotopic (exact) mass is 388 g/mol. The Bertz CT molecular complexity index is 658. The Balaban J connectivity index is 1.58. The number of benzene rings is 1. The van der Waals surface area contributed by atoms with E-state index in [9.17, 15) is 20.1 Å². The van der Waals surface area contributed by atoms with E-state index in [2.05, 4.69) is 5.32 Å². The summed E-state index contributed by atoms with van der Waals surface area (Å²) < 4.78 is 0. The van der Waals surface area contributed by atoms with Gasteiger partial charge < -0.3 is 25.5 Å². The molecule has 3 rings (SSSR count). The second-order valence-corrected chi connectivity index (χ2v) is 7.91. The first-order chi connectivity index (χ1) is 11.9. The van der Waals surface area contributed by atoms with Crippen LogP contribution in [0.1, 0.15) is 24.4 Å². The minimum atomic E-state index is -0.549. The van der Waals surface area contributed by atoms with Crippen molar-refractivity contribution >= 4 is 29.1 Å². The van der Waals surface area contributed by atoms with Crippen molar-refractivity contribution in [3.05, 3.63) is 27.7 Å². The normalized spacial score (nSPS) is 25.0. The summed E-state index contributed by atoms with van der Waals surface area (Å²) in [7, 11) is 0. The summed E-state index contributed by atoms with van der Waals surface area (Å²) in [6, 6.07) is 2.93. The molecule has 0 saturated carbocycles. The topological polar surface area (TPSA) is 93.0 Å². The molecule has 1 aromatic carbocycles. The van der Waals surface area contributed by atoms with E-state index in [1.807, 2.05) is 0 Å². The molecule has 2 aliphatic rings. The quantitative estimate of drug-likeness (QED) is 0.613. The number of carbonyl (C=O) groups is 1. The van der Waals surface area contributed by atoms with E-state index < -0.39 is 5.41 Å². The van der Waals surface area contributed by atoms with Gasteiger partial charge in [0.15, 0.2) is 0 Å². The van der Waals surface area contributed by atoms with Crippen molar-refractivity contribution in [1.29, 1.82) is 0 Å². The van der Waals surface area contributed by atoms with Gasteiger partial charge in [0.05, 0.1) is 28.7 Å². The number of phenolic OH excluding ortho intramolecular Hbond substituents is 1. The predicted octanol–water partition coefficient (Wildman–Crippen LogP) is 1.55. The van der Waals surface area contributed by atoms with Gasteiger partial charge in [0, 0.05) is 31.1 Å². The third kappa shape index (κ3) is 3.59. The molecule has 2 atom stereocenters. The number of halogens is 2. The van der Waals surface area contributed by atoms with E-state index in [1.165, 1.54) is 6.07 Å². The lowest BCUT2D eigenvalue weighted by atomic mass is 9.81. The SMILES string of the molecule is O=C(C[C@H]1CN[C@@H](c2c(O)ccc(Cl)c2Cl)C1)N1CC(CO)(CO)C1. The number of nitrogens with one attached hydrogen (secondary N) is 1. The standard InChI is InChI=1S/C17H22Cl2N2O4/c18-11-1-2-13(24)15(16(11)19)12-3-10(5-20-12)4-14(25)21-6-17(7-21,8-22)9-23/h1-2,10,12,20,22-24H,3-9H2/t10-,12+/m0/s1. The third-order valence-electron chi connectivity index (χ3n) is 5.22. The van der Waals surface area contributed by atoms with E-state index in [4.69, 9.17) is 23.2 Å². The zero-order chi connectivity index (χ0) is 18.2. The van der Waals surface area contributed by atoms with Crippen molar-refractivity contribution in [2.45, 2.75) is 18.9 Å². The summed E-state index contributed by atoms with van der Waals surface area (Å²) in [5.74, 6) is 0.244. The number of nitrogens with zero attached hydrogens (tertiary/aromatic N) is 1. The van der Waals surface area contributed by atoms with Crippen LogP contribution in [0.5, 0.6) is 5.75 Å². The van der Waals surface area contributed by atoms with Crippen LogP contribution in [0.4, 0.5) is 0 Å². The molecule has 0 aliphatic carbocycles. The van der Waals surface area contributed by atoms with Crippen LogP contribution < -0.4 is 5.32 Å². The molecule has 4 N–H and O–H groups in total. The molecule has 1 aromatic rings. The highest BCUT2D eigenvalue weighted by atomic mass is 35.5. The van der Waals surface area contributed by atoms with Crippen molar-refractivity contribution in [3.63, 3.8) is 0 Å². The van der Waals surface area contributed by atoms with Gasteiger partial charge in [0.2, 0.25) is 5.91 Å². The highest BCUT2D eigenvalue weighted by molar-refractivity contribution is 6.42. The van der Waals surface area contributed by atoms with Crippen LogP contribution in [-0.2, 0) is 4.79 Å². The van der Waals surface area contributed by atoms with Gasteiger partial charge in [-0.3, -0.25) is 4.79 Å². The fraction of sp³-hybridized carbons (Fsp3) is 0.588. The Morgan fingerprint density at radius 2 is 1.96 bits per heavy atom. The summed E-state index contributed by atoms with van der Waals surface area (Å²) in [6.07, 6.45) is 1.06. The molecule has 25 heavy (non-hydrogen) atoms. The van der Waals surface area contributed by atoms with Crippen molar-refractivity contribution in [3.8, 4) is 5.75 Å². The summed E-state index contributed by atoms with van der Waals surface area (Å²) in [6.45, 7) is 1.20. The molecule has 0 aromatic heterocycles. The van der Waals surface area contributed by atoms with Gasteiger partial charge in [0.1, 0.15) is 5.75 Å². The summed E-state index contributed by atoms with van der Waals surface area (Å²) in [4.78, 5) is 14.0. The summed E-state index contributed by atoms with van der Waals surface area (Å²) in [5.41, 5.74) is 0.0271. The van der Waals surface area contributed by atoms with E-state index in [0.717, 1.165) is 0 Å². The molecule has 0 radical (unpaired) electrons. The van der Waals surface area contributed by atoms with Gasteiger partial charge in [-0.25, -0.2) is 0 Å². The first-order valence-corrected chi connectivity index (χ1v) is 9.04. The number of phenols is 1. The van der Waals surface area contributed by atoms with E-state index >= 15 is 0 Å². The largest absolute Gasteiger partial charge is 0.508 e. The van der Waals surface area contributed by atoms with Crippen LogP contribution in [0.3, 0.4) is 0 Å². The van der Waals surface area contributed by atoms with Gasteiger partial charge in [-0.1, -0.05) is 23.2 Å². The predicted molar refractivity (Wildman–Crippen MR) is 94.8 cm³/mol. The number of rotatable bonds is 5. The molecule has 2 saturated heterocycles. The van der Waals surface area contributed by atoms with Crippen molar-refractivity contribution < 1.29 is 20.1 Å². The molecule has 1 amide bonds. The average Bonchev–Trinajstić information content (AvgIpc) is 2.99. The minimum Gasteiger partial charge on any atom is -0.508 e. The number of aliphatic hydroxyl groups excluding tert-OH is 2. The molecule has 0 bridgehead atoms. The van der Waals surface area contributed by atoms with Gasteiger partial charge in [-0.05, 0) is 31.0 Å². The Hall–Kier alpha value is -1.05. The number of aliphatic hydroxyl groups is 2. The minimum absolute atomic E-state index is 0.0198. The summed E-state index contributed by atoms with van der Waals surface area (Å²) in [5, 5.41) is 32.7. The van der Waals surface area contributed by atoms with Gasteiger partial charge >= 0.3 is 0 Å². The Morgan fingerprint density at radius 1 is 1.28 bits per heavy atom. The van der Waals surface area contributed by atoms with E-state index in [0.29, 0.717) is 48.1 Å².